The van der Waals surface area contributed by atoms with Crippen LogP contribution in [0.2, 0.25) is 0 Å². The molecule has 2 heterocycles. The molecular weight excluding hydrogens is 220 g/mol. The number of aromatic nitrogens is 1. The zero-order valence-corrected chi connectivity index (χ0v) is 9.56. The van der Waals surface area contributed by atoms with E-state index in [4.69, 9.17) is 9.84 Å². The standard InChI is InChI=1S/C12H16N2O3/c15-12(16)11-10(4-1-6-14-11)13-7-5-9-3-2-8-17-9/h1,4,6,9,13H,2-3,5,7-8H2,(H,15,16). The van der Waals surface area contributed by atoms with E-state index < -0.39 is 5.97 Å². The van der Waals surface area contributed by atoms with Crippen molar-refractivity contribution in [3.63, 3.8) is 0 Å². The Labute approximate surface area is 99.8 Å². The highest BCUT2D eigenvalue weighted by Gasteiger charge is 2.15. The highest BCUT2D eigenvalue weighted by atomic mass is 16.5. The van der Waals surface area contributed by atoms with E-state index in [1.165, 1.54) is 6.20 Å². The monoisotopic (exact) mass is 236 g/mol. The largest absolute Gasteiger partial charge is 0.476 e. The molecule has 1 fully saturated rings. The lowest BCUT2D eigenvalue weighted by Crippen LogP contribution is -2.14. The molecule has 1 aliphatic heterocycles. The lowest BCUT2D eigenvalue weighted by Gasteiger charge is -2.11. The van der Waals surface area contributed by atoms with E-state index in [9.17, 15) is 4.79 Å². The van der Waals surface area contributed by atoms with Crippen molar-refractivity contribution in [3.8, 4) is 0 Å². The minimum Gasteiger partial charge on any atom is -0.476 e. The number of hydrogen-bond acceptors (Lipinski definition) is 4. The van der Waals surface area contributed by atoms with E-state index in [-0.39, 0.29) is 5.69 Å². The van der Waals surface area contributed by atoms with Gasteiger partial charge in [-0.1, -0.05) is 0 Å². The molecule has 0 bridgehead atoms. The fraction of sp³-hybridized carbons (Fsp3) is 0.500. The molecule has 5 heteroatoms. The van der Waals surface area contributed by atoms with Crippen molar-refractivity contribution in [2.24, 2.45) is 0 Å². The molecule has 1 aliphatic rings. The maximum atomic E-state index is 10.9. The van der Waals surface area contributed by atoms with Crippen LogP contribution < -0.4 is 5.32 Å². The van der Waals surface area contributed by atoms with Gasteiger partial charge in [0.25, 0.3) is 0 Å². The average Bonchev–Trinajstić information content (AvgIpc) is 2.82. The summed E-state index contributed by atoms with van der Waals surface area (Å²) < 4.78 is 5.50. The van der Waals surface area contributed by atoms with E-state index in [1.807, 2.05) is 0 Å². The van der Waals surface area contributed by atoms with Crippen LogP contribution in [0.3, 0.4) is 0 Å². The number of carboxylic acid groups (broad SMARTS) is 1. The molecule has 17 heavy (non-hydrogen) atoms. The molecule has 1 saturated heterocycles. The van der Waals surface area contributed by atoms with Crippen LogP contribution in [0, 0.1) is 0 Å². The Balaban J connectivity index is 1.87. The number of rotatable bonds is 5. The van der Waals surface area contributed by atoms with Crippen LogP contribution in [0.5, 0.6) is 0 Å². The number of carbonyl (C=O) groups is 1. The first-order chi connectivity index (χ1) is 8.27. The molecule has 1 aromatic heterocycles. The molecule has 2 N–H and O–H groups in total. The molecule has 2 rings (SSSR count). The summed E-state index contributed by atoms with van der Waals surface area (Å²) in [6, 6.07) is 3.45. The van der Waals surface area contributed by atoms with Gasteiger partial charge < -0.3 is 15.2 Å². The molecule has 0 amide bonds. The molecule has 1 aromatic rings. The predicted octanol–water partition coefficient (Wildman–Crippen LogP) is 1.76. The summed E-state index contributed by atoms with van der Waals surface area (Å²) in [5.41, 5.74) is 0.637. The summed E-state index contributed by atoms with van der Waals surface area (Å²) in [6.45, 7) is 1.55. The van der Waals surface area contributed by atoms with Gasteiger partial charge in [0.1, 0.15) is 0 Å². The molecule has 5 nitrogen and oxygen atoms in total. The normalized spacial score (nSPS) is 19.2. The van der Waals surface area contributed by atoms with Crippen molar-refractivity contribution in [1.29, 1.82) is 0 Å². The second kappa shape index (κ2) is 5.63. The number of anilines is 1. The van der Waals surface area contributed by atoms with Crippen LogP contribution in [0.4, 0.5) is 5.69 Å². The number of carboxylic acids is 1. The van der Waals surface area contributed by atoms with Gasteiger partial charge >= 0.3 is 5.97 Å². The Bertz CT molecular complexity index is 389. The summed E-state index contributed by atoms with van der Waals surface area (Å²) in [6.07, 6.45) is 4.91. The van der Waals surface area contributed by atoms with Gasteiger partial charge in [0.05, 0.1) is 11.8 Å². The Hall–Kier alpha value is -1.62. The minimum absolute atomic E-state index is 0.0693. The highest BCUT2D eigenvalue weighted by molar-refractivity contribution is 5.91. The Kier molecular flexibility index (Phi) is 3.93. The second-order valence-corrected chi connectivity index (χ2v) is 4.06. The number of nitrogens with one attached hydrogen (secondary N) is 1. The van der Waals surface area contributed by atoms with Gasteiger partial charge in [-0.25, -0.2) is 9.78 Å². The lowest BCUT2D eigenvalue weighted by molar-refractivity contribution is 0.0691. The summed E-state index contributed by atoms with van der Waals surface area (Å²) in [5, 5.41) is 12.0. The molecule has 0 saturated carbocycles. The van der Waals surface area contributed by atoms with Crippen molar-refractivity contribution >= 4 is 11.7 Å². The second-order valence-electron chi connectivity index (χ2n) is 4.06. The smallest absolute Gasteiger partial charge is 0.356 e. The van der Waals surface area contributed by atoms with Crippen LogP contribution in [0.25, 0.3) is 0 Å². The maximum Gasteiger partial charge on any atom is 0.356 e. The summed E-state index contributed by atoms with van der Waals surface area (Å²) >= 11 is 0. The van der Waals surface area contributed by atoms with Crippen LogP contribution in [0.1, 0.15) is 29.8 Å². The summed E-state index contributed by atoms with van der Waals surface area (Å²) in [7, 11) is 0. The fourth-order valence-electron chi connectivity index (χ4n) is 1.96. The van der Waals surface area contributed by atoms with E-state index in [2.05, 4.69) is 10.3 Å². The number of ether oxygens (including phenoxy) is 1. The van der Waals surface area contributed by atoms with E-state index in [1.54, 1.807) is 12.1 Å². The maximum absolute atomic E-state index is 10.9. The van der Waals surface area contributed by atoms with Crippen LogP contribution >= 0.6 is 0 Å². The molecule has 0 spiro atoms. The Morgan fingerprint density at radius 3 is 3.24 bits per heavy atom. The first-order valence-corrected chi connectivity index (χ1v) is 5.81. The molecule has 0 radical (unpaired) electrons. The Morgan fingerprint density at radius 1 is 1.65 bits per heavy atom. The topological polar surface area (TPSA) is 71.5 Å². The zero-order chi connectivity index (χ0) is 12.1. The van der Waals surface area contributed by atoms with Gasteiger partial charge in [0.2, 0.25) is 0 Å². The van der Waals surface area contributed by atoms with Crippen molar-refractivity contribution in [1.82, 2.24) is 4.98 Å². The van der Waals surface area contributed by atoms with Crippen molar-refractivity contribution in [3.05, 3.63) is 24.0 Å². The summed E-state index contributed by atoms with van der Waals surface area (Å²) in [5.74, 6) is -1.01. The number of hydrogen-bond donors (Lipinski definition) is 2. The van der Waals surface area contributed by atoms with Crippen molar-refractivity contribution in [2.75, 3.05) is 18.5 Å². The van der Waals surface area contributed by atoms with Gasteiger partial charge in [0, 0.05) is 19.3 Å². The SMILES string of the molecule is O=C(O)c1ncccc1NCCC1CCCO1. The fourth-order valence-corrected chi connectivity index (χ4v) is 1.96. The number of nitrogens with zero attached hydrogens (tertiary/aromatic N) is 1. The van der Waals surface area contributed by atoms with Gasteiger partial charge in [-0.2, -0.15) is 0 Å². The third-order valence-electron chi connectivity index (χ3n) is 2.82. The van der Waals surface area contributed by atoms with Crippen molar-refractivity contribution in [2.45, 2.75) is 25.4 Å². The zero-order valence-electron chi connectivity index (χ0n) is 9.56. The molecule has 0 aromatic carbocycles. The minimum atomic E-state index is -1.01. The molecular formula is C12H16N2O3. The van der Waals surface area contributed by atoms with Crippen LogP contribution in [-0.2, 0) is 4.74 Å². The lowest BCUT2D eigenvalue weighted by atomic mass is 10.2. The third kappa shape index (κ3) is 3.17. The van der Waals surface area contributed by atoms with Gasteiger partial charge in [-0.3, -0.25) is 0 Å². The van der Waals surface area contributed by atoms with Crippen LogP contribution in [0.15, 0.2) is 18.3 Å². The van der Waals surface area contributed by atoms with Gasteiger partial charge in [-0.05, 0) is 31.4 Å². The third-order valence-corrected chi connectivity index (χ3v) is 2.82. The Morgan fingerprint density at radius 2 is 2.53 bits per heavy atom. The molecule has 1 atom stereocenters. The molecule has 1 unspecified atom stereocenters. The van der Waals surface area contributed by atoms with E-state index >= 15 is 0 Å². The quantitative estimate of drug-likeness (QED) is 0.815. The van der Waals surface area contributed by atoms with Crippen LogP contribution in [-0.4, -0.2) is 35.3 Å². The first-order valence-electron chi connectivity index (χ1n) is 5.81. The van der Waals surface area contributed by atoms with Gasteiger partial charge in [-0.15, -0.1) is 0 Å². The van der Waals surface area contributed by atoms with Gasteiger partial charge in [0.15, 0.2) is 5.69 Å². The highest BCUT2D eigenvalue weighted by Crippen LogP contribution is 2.16. The summed E-state index contributed by atoms with van der Waals surface area (Å²) in [4.78, 5) is 14.7. The first kappa shape index (κ1) is 11.9. The number of aromatic carboxylic acids is 1. The number of pyridine rings is 1. The predicted molar refractivity (Wildman–Crippen MR) is 63.3 cm³/mol. The van der Waals surface area contributed by atoms with E-state index in [0.29, 0.717) is 18.3 Å². The van der Waals surface area contributed by atoms with E-state index in [0.717, 1.165) is 25.9 Å². The molecule has 0 aliphatic carbocycles. The molecule has 92 valence electrons. The average molecular weight is 236 g/mol. The van der Waals surface area contributed by atoms with Crippen molar-refractivity contribution < 1.29 is 14.6 Å².